The van der Waals surface area contributed by atoms with Crippen molar-refractivity contribution < 1.29 is 0 Å². The van der Waals surface area contributed by atoms with Gasteiger partial charge in [-0.05, 0) is 49.3 Å². The number of rotatable bonds is 4. The van der Waals surface area contributed by atoms with Gasteiger partial charge in [-0.2, -0.15) is 0 Å². The van der Waals surface area contributed by atoms with Crippen LogP contribution in [0.2, 0.25) is 0 Å². The van der Waals surface area contributed by atoms with Crippen LogP contribution < -0.4 is 15.5 Å². The lowest BCUT2D eigenvalue weighted by molar-refractivity contribution is 0.438. The lowest BCUT2D eigenvalue weighted by Gasteiger charge is -2.32. The van der Waals surface area contributed by atoms with Crippen LogP contribution in [-0.4, -0.2) is 32.1 Å². The van der Waals surface area contributed by atoms with Crippen LogP contribution in [0.3, 0.4) is 0 Å². The first-order valence-electron chi connectivity index (χ1n) is 9.20. The fourth-order valence-electron chi connectivity index (χ4n) is 3.40. The molecule has 1 aromatic carbocycles. The van der Waals surface area contributed by atoms with E-state index in [0.717, 1.165) is 31.3 Å². The van der Waals surface area contributed by atoms with Crippen molar-refractivity contribution in [3.05, 3.63) is 42.0 Å². The maximum absolute atomic E-state index is 4.32. The number of hydrogen-bond acceptors (Lipinski definition) is 2. The second kappa shape index (κ2) is 10.0. The molecule has 1 aliphatic carbocycles. The van der Waals surface area contributed by atoms with E-state index in [2.05, 4.69) is 63.9 Å². The summed E-state index contributed by atoms with van der Waals surface area (Å²) in [5.41, 5.74) is 2.64. The van der Waals surface area contributed by atoms with Crippen LogP contribution in [0.25, 0.3) is 0 Å². The van der Waals surface area contributed by atoms with Crippen LogP contribution in [-0.2, 0) is 6.54 Å². The molecule has 0 bridgehead atoms. The van der Waals surface area contributed by atoms with Gasteiger partial charge in [-0.15, -0.1) is 24.0 Å². The molecule has 0 aromatic heterocycles. The van der Waals surface area contributed by atoms with Gasteiger partial charge in [0.2, 0.25) is 0 Å². The first-order valence-corrected chi connectivity index (χ1v) is 9.20. The molecule has 0 atom stereocenters. The number of piperidine rings is 1. The zero-order valence-electron chi connectivity index (χ0n) is 15.4. The molecule has 1 heterocycles. The number of anilines is 1. The Bertz CT molecular complexity index is 566. The minimum absolute atomic E-state index is 0. The van der Waals surface area contributed by atoms with Gasteiger partial charge in [-0.25, -0.2) is 0 Å². The molecule has 5 heteroatoms. The zero-order valence-corrected chi connectivity index (χ0v) is 17.7. The van der Waals surface area contributed by atoms with Gasteiger partial charge in [0.15, 0.2) is 5.96 Å². The van der Waals surface area contributed by atoms with E-state index in [0.29, 0.717) is 6.04 Å². The van der Waals surface area contributed by atoms with Crippen LogP contribution in [0, 0.1) is 5.92 Å². The molecule has 25 heavy (non-hydrogen) atoms. The van der Waals surface area contributed by atoms with Crippen molar-refractivity contribution in [2.45, 2.75) is 45.2 Å². The summed E-state index contributed by atoms with van der Waals surface area (Å²) < 4.78 is 0. The van der Waals surface area contributed by atoms with E-state index >= 15 is 0 Å². The molecule has 0 saturated carbocycles. The Morgan fingerprint density at radius 2 is 1.76 bits per heavy atom. The summed E-state index contributed by atoms with van der Waals surface area (Å²) in [5, 5.41) is 6.89. The molecule has 4 nitrogen and oxygen atoms in total. The number of benzene rings is 1. The summed E-state index contributed by atoms with van der Waals surface area (Å²) in [6.45, 7) is 5.53. The van der Waals surface area contributed by atoms with Crippen molar-refractivity contribution >= 4 is 35.6 Å². The van der Waals surface area contributed by atoms with Gasteiger partial charge in [-0.3, -0.25) is 4.99 Å². The van der Waals surface area contributed by atoms with Crippen LogP contribution >= 0.6 is 24.0 Å². The van der Waals surface area contributed by atoms with Crippen LogP contribution in [0.5, 0.6) is 0 Å². The quantitative estimate of drug-likeness (QED) is 0.314. The Morgan fingerprint density at radius 3 is 2.36 bits per heavy atom. The Hall–Kier alpha value is -1.24. The van der Waals surface area contributed by atoms with Crippen molar-refractivity contribution in [2.24, 2.45) is 10.9 Å². The standard InChI is InChI=1S/C20H30N4.HI/c1-16-11-13-24(14-12-16)19-9-7-17(8-10-19)15-22-20(21-2)23-18-5-3-4-6-18;/h3-4,7-10,16,18H,5-6,11-15H2,1-2H3,(H2,21,22,23);1H. The summed E-state index contributed by atoms with van der Waals surface area (Å²) in [6.07, 6.45) is 9.24. The zero-order chi connectivity index (χ0) is 16.8. The van der Waals surface area contributed by atoms with Gasteiger partial charge in [0.1, 0.15) is 0 Å². The molecule has 0 spiro atoms. The molecular formula is C20H31IN4. The molecule has 1 fully saturated rings. The Labute approximate surface area is 169 Å². The highest BCUT2D eigenvalue weighted by Gasteiger charge is 2.16. The topological polar surface area (TPSA) is 39.7 Å². The predicted octanol–water partition coefficient (Wildman–Crippen LogP) is 3.92. The van der Waals surface area contributed by atoms with Crippen molar-refractivity contribution in [1.29, 1.82) is 0 Å². The van der Waals surface area contributed by atoms with E-state index in [-0.39, 0.29) is 24.0 Å². The van der Waals surface area contributed by atoms with Crippen molar-refractivity contribution in [3.8, 4) is 0 Å². The summed E-state index contributed by atoms with van der Waals surface area (Å²) in [6, 6.07) is 9.45. The number of hydrogen-bond donors (Lipinski definition) is 2. The van der Waals surface area contributed by atoms with Crippen molar-refractivity contribution in [2.75, 3.05) is 25.0 Å². The molecule has 0 unspecified atom stereocenters. The average molecular weight is 454 g/mol. The van der Waals surface area contributed by atoms with Gasteiger partial charge in [0.05, 0.1) is 0 Å². The van der Waals surface area contributed by atoms with Gasteiger partial charge in [-0.1, -0.05) is 31.2 Å². The van der Waals surface area contributed by atoms with Gasteiger partial charge in [0.25, 0.3) is 0 Å². The maximum Gasteiger partial charge on any atom is 0.191 e. The van der Waals surface area contributed by atoms with Crippen LogP contribution in [0.1, 0.15) is 38.2 Å². The van der Waals surface area contributed by atoms with Crippen LogP contribution in [0.4, 0.5) is 5.69 Å². The van der Waals surface area contributed by atoms with Crippen molar-refractivity contribution in [1.82, 2.24) is 10.6 Å². The summed E-state index contributed by atoms with van der Waals surface area (Å²) in [4.78, 5) is 6.83. The first kappa shape index (κ1) is 20.1. The molecule has 2 N–H and O–H groups in total. The van der Waals surface area contributed by atoms with Gasteiger partial charge in [0, 0.05) is 38.4 Å². The van der Waals surface area contributed by atoms with E-state index in [1.54, 1.807) is 0 Å². The lowest BCUT2D eigenvalue weighted by Crippen LogP contribution is -2.42. The highest BCUT2D eigenvalue weighted by atomic mass is 127. The highest BCUT2D eigenvalue weighted by Crippen LogP contribution is 2.23. The third kappa shape index (κ3) is 5.90. The Kier molecular flexibility index (Phi) is 8.06. The van der Waals surface area contributed by atoms with E-state index < -0.39 is 0 Å². The van der Waals surface area contributed by atoms with E-state index in [1.807, 2.05) is 7.05 Å². The second-order valence-corrected chi connectivity index (χ2v) is 7.05. The van der Waals surface area contributed by atoms with Crippen LogP contribution in [0.15, 0.2) is 41.4 Å². The monoisotopic (exact) mass is 454 g/mol. The Balaban J connectivity index is 0.00000225. The number of nitrogens with one attached hydrogen (secondary N) is 2. The van der Waals surface area contributed by atoms with E-state index in [4.69, 9.17) is 0 Å². The smallest absolute Gasteiger partial charge is 0.191 e. The summed E-state index contributed by atoms with van der Waals surface area (Å²) >= 11 is 0. The van der Waals surface area contributed by atoms with E-state index in [1.165, 1.54) is 37.2 Å². The SMILES string of the molecule is CN=C(NCc1ccc(N2CCC(C)CC2)cc1)NC1CC=CC1.I. The predicted molar refractivity (Wildman–Crippen MR) is 118 cm³/mol. The molecule has 0 radical (unpaired) electrons. The number of halogens is 1. The van der Waals surface area contributed by atoms with Gasteiger partial charge < -0.3 is 15.5 Å². The number of nitrogens with zero attached hydrogens (tertiary/aromatic N) is 2. The second-order valence-electron chi connectivity index (χ2n) is 7.05. The van der Waals surface area contributed by atoms with Crippen molar-refractivity contribution in [3.63, 3.8) is 0 Å². The molecule has 0 amide bonds. The lowest BCUT2D eigenvalue weighted by atomic mass is 9.99. The molecule has 1 aromatic rings. The van der Waals surface area contributed by atoms with E-state index in [9.17, 15) is 0 Å². The first-order chi connectivity index (χ1) is 11.7. The number of aliphatic imine (C=N–C) groups is 1. The summed E-state index contributed by atoms with van der Waals surface area (Å²) in [5.74, 6) is 1.76. The molecule has 138 valence electrons. The minimum atomic E-state index is 0. The number of guanidine groups is 1. The normalized spacial score (nSPS) is 19.0. The largest absolute Gasteiger partial charge is 0.372 e. The minimum Gasteiger partial charge on any atom is -0.372 e. The maximum atomic E-state index is 4.32. The Morgan fingerprint density at radius 1 is 1.12 bits per heavy atom. The molecule has 2 aliphatic rings. The van der Waals surface area contributed by atoms with Gasteiger partial charge >= 0.3 is 0 Å². The highest BCUT2D eigenvalue weighted by molar-refractivity contribution is 14.0. The average Bonchev–Trinajstić information content (AvgIpc) is 3.13. The molecule has 1 saturated heterocycles. The third-order valence-electron chi connectivity index (χ3n) is 5.12. The fourth-order valence-corrected chi connectivity index (χ4v) is 3.40. The third-order valence-corrected chi connectivity index (χ3v) is 5.12. The molecular weight excluding hydrogens is 423 g/mol. The fraction of sp³-hybridized carbons (Fsp3) is 0.550. The molecule has 1 aliphatic heterocycles. The molecule has 3 rings (SSSR count). The summed E-state index contributed by atoms with van der Waals surface area (Å²) in [7, 11) is 1.83.